The number of anilines is 2. The molecule has 0 unspecified atom stereocenters. The second kappa shape index (κ2) is 3.14. The largest absolute Gasteiger partial charge is 0.399 e. The topological polar surface area (TPSA) is 63.4 Å². The lowest BCUT2D eigenvalue weighted by atomic mass is 10.2. The molecule has 0 saturated carbocycles. The predicted octanol–water partition coefficient (Wildman–Crippen LogP) is 0.922. The van der Waals surface area contributed by atoms with Gasteiger partial charge in [0, 0.05) is 18.5 Å². The molecule has 0 aliphatic carbocycles. The molecule has 14 heavy (non-hydrogen) atoms. The Labute approximate surface area is 81.3 Å². The maximum absolute atomic E-state index is 11.3. The molecule has 4 nitrogen and oxygen atoms in total. The van der Waals surface area contributed by atoms with Crippen molar-refractivity contribution < 1.29 is 9.59 Å². The molecular formula is C10H10N2O2. The Balaban J connectivity index is 2.34. The maximum atomic E-state index is 11.3. The molecule has 4 heteroatoms. The second-order valence-electron chi connectivity index (χ2n) is 3.21. The first-order valence-electron chi connectivity index (χ1n) is 4.40. The molecule has 2 N–H and O–H groups in total. The van der Waals surface area contributed by atoms with Gasteiger partial charge in [0.15, 0.2) is 0 Å². The van der Waals surface area contributed by atoms with Crippen molar-refractivity contribution in [3.05, 3.63) is 24.3 Å². The predicted molar refractivity (Wildman–Crippen MR) is 52.6 cm³/mol. The van der Waals surface area contributed by atoms with Gasteiger partial charge in [-0.05, 0) is 24.3 Å². The van der Waals surface area contributed by atoms with Crippen molar-refractivity contribution in [2.24, 2.45) is 0 Å². The Morgan fingerprint density at radius 1 is 1.00 bits per heavy atom. The number of carbonyl (C=O) groups excluding carboxylic acids is 2. The zero-order valence-electron chi connectivity index (χ0n) is 7.56. The van der Waals surface area contributed by atoms with Crippen LogP contribution in [0, 0.1) is 0 Å². The van der Waals surface area contributed by atoms with Crippen LogP contribution in [-0.2, 0) is 9.59 Å². The van der Waals surface area contributed by atoms with Crippen molar-refractivity contribution in [3.8, 4) is 0 Å². The van der Waals surface area contributed by atoms with Crippen molar-refractivity contribution in [2.75, 3.05) is 10.6 Å². The van der Waals surface area contributed by atoms with Crippen molar-refractivity contribution in [2.45, 2.75) is 12.8 Å². The van der Waals surface area contributed by atoms with Crippen LogP contribution in [-0.4, -0.2) is 11.8 Å². The van der Waals surface area contributed by atoms with E-state index in [1.54, 1.807) is 24.3 Å². The number of amides is 2. The fourth-order valence-corrected chi connectivity index (χ4v) is 1.49. The van der Waals surface area contributed by atoms with Gasteiger partial charge in [0.25, 0.3) is 0 Å². The number of nitrogens with zero attached hydrogens (tertiary/aromatic N) is 1. The van der Waals surface area contributed by atoms with Gasteiger partial charge >= 0.3 is 0 Å². The lowest BCUT2D eigenvalue weighted by Crippen LogP contribution is -2.28. The molecule has 0 radical (unpaired) electrons. The molecule has 2 rings (SSSR count). The quantitative estimate of drug-likeness (QED) is 0.529. The van der Waals surface area contributed by atoms with E-state index in [1.807, 2.05) is 0 Å². The minimum atomic E-state index is -0.139. The van der Waals surface area contributed by atoms with E-state index in [-0.39, 0.29) is 11.8 Å². The molecule has 1 heterocycles. The molecular weight excluding hydrogens is 180 g/mol. The monoisotopic (exact) mass is 190 g/mol. The molecule has 0 atom stereocenters. The van der Waals surface area contributed by atoms with Gasteiger partial charge in [-0.15, -0.1) is 0 Å². The van der Waals surface area contributed by atoms with Crippen molar-refractivity contribution in [3.63, 3.8) is 0 Å². The summed E-state index contributed by atoms with van der Waals surface area (Å²) in [5, 5.41) is 0. The van der Waals surface area contributed by atoms with Gasteiger partial charge in [-0.3, -0.25) is 14.5 Å². The number of benzene rings is 1. The second-order valence-corrected chi connectivity index (χ2v) is 3.21. The van der Waals surface area contributed by atoms with Crippen LogP contribution in [0.4, 0.5) is 11.4 Å². The van der Waals surface area contributed by atoms with Crippen LogP contribution in [0.2, 0.25) is 0 Å². The van der Waals surface area contributed by atoms with Gasteiger partial charge in [-0.25, -0.2) is 0 Å². The van der Waals surface area contributed by atoms with Crippen LogP contribution >= 0.6 is 0 Å². The van der Waals surface area contributed by atoms with E-state index in [0.717, 1.165) is 0 Å². The van der Waals surface area contributed by atoms with Crippen molar-refractivity contribution >= 4 is 23.2 Å². The third-order valence-corrected chi connectivity index (χ3v) is 2.20. The normalized spacial score (nSPS) is 16.4. The van der Waals surface area contributed by atoms with E-state index < -0.39 is 0 Å². The highest BCUT2D eigenvalue weighted by atomic mass is 16.2. The summed E-state index contributed by atoms with van der Waals surface area (Å²) in [6.45, 7) is 0. The molecule has 1 aliphatic rings. The fourth-order valence-electron chi connectivity index (χ4n) is 1.49. The Morgan fingerprint density at radius 2 is 1.50 bits per heavy atom. The highest BCUT2D eigenvalue weighted by Gasteiger charge is 2.29. The summed E-state index contributed by atoms with van der Waals surface area (Å²) >= 11 is 0. The standard InChI is InChI=1S/C10H10N2O2/c11-7-1-3-8(4-2-7)12-9(13)5-6-10(12)14/h1-4H,5-6,11H2. The van der Waals surface area contributed by atoms with Gasteiger partial charge in [0.1, 0.15) is 0 Å². The first-order chi connectivity index (χ1) is 6.68. The number of nitrogens with two attached hydrogens (primary N) is 1. The van der Waals surface area contributed by atoms with Crippen molar-refractivity contribution in [1.82, 2.24) is 0 Å². The number of hydrogen-bond donors (Lipinski definition) is 1. The Hall–Kier alpha value is -1.84. The minimum Gasteiger partial charge on any atom is -0.399 e. The molecule has 1 saturated heterocycles. The Kier molecular flexibility index (Phi) is 1.96. The lowest BCUT2D eigenvalue weighted by Gasteiger charge is -2.13. The van der Waals surface area contributed by atoms with Crippen LogP contribution in [0.15, 0.2) is 24.3 Å². The molecule has 0 spiro atoms. The molecule has 0 aromatic heterocycles. The lowest BCUT2D eigenvalue weighted by molar-refractivity contribution is -0.121. The van der Waals surface area contributed by atoms with Gasteiger partial charge < -0.3 is 5.73 Å². The van der Waals surface area contributed by atoms with E-state index in [2.05, 4.69) is 0 Å². The third-order valence-electron chi connectivity index (χ3n) is 2.20. The number of nitrogen functional groups attached to an aromatic ring is 1. The van der Waals surface area contributed by atoms with E-state index >= 15 is 0 Å². The van der Waals surface area contributed by atoms with Crippen LogP contribution in [0.5, 0.6) is 0 Å². The molecule has 0 bridgehead atoms. The SMILES string of the molecule is Nc1ccc(N2C(=O)CCC2=O)cc1. The fraction of sp³-hybridized carbons (Fsp3) is 0.200. The van der Waals surface area contributed by atoms with Gasteiger partial charge in [-0.2, -0.15) is 0 Å². The zero-order chi connectivity index (χ0) is 10.1. The third kappa shape index (κ3) is 1.35. The average molecular weight is 190 g/mol. The minimum absolute atomic E-state index is 0.139. The average Bonchev–Trinajstić information content (AvgIpc) is 2.49. The van der Waals surface area contributed by atoms with Gasteiger partial charge in [-0.1, -0.05) is 0 Å². The first kappa shape index (κ1) is 8.74. The van der Waals surface area contributed by atoms with E-state index in [9.17, 15) is 9.59 Å². The summed E-state index contributed by atoms with van der Waals surface area (Å²) in [5.74, 6) is -0.278. The molecule has 1 aromatic rings. The summed E-state index contributed by atoms with van der Waals surface area (Å²) in [5.41, 5.74) is 6.73. The Bertz CT molecular complexity index is 368. The summed E-state index contributed by atoms with van der Waals surface area (Å²) in [4.78, 5) is 23.9. The van der Waals surface area contributed by atoms with Crippen LogP contribution < -0.4 is 10.6 Å². The maximum Gasteiger partial charge on any atom is 0.234 e. The molecule has 72 valence electrons. The zero-order valence-corrected chi connectivity index (χ0v) is 7.56. The van der Waals surface area contributed by atoms with E-state index in [0.29, 0.717) is 24.2 Å². The number of rotatable bonds is 1. The van der Waals surface area contributed by atoms with Crippen molar-refractivity contribution in [1.29, 1.82) is 0 Å². The molecule has 1 aliphatic heterocycles. The highest BCUT2D eigenvalue weighted by Crippen LogP contribution is 2.22. The number of carbonyl (C=O) groups is 2. The van der Waals surface area contributed by atoms with Gasteiger partial charge in [0.2, 0.25) is 11.8 Å². The van der Waals surface area contributed by atoms with Gasteiger partial charge in [0.05, 0.1) is 5.69 Å². The van der Waals surface area contributed by atoms with E-state index in [1.165, 1.54) is 4.90 Å². The molecule has 1 aromatic carbocycles. The van der Waals surface area contributed by atoms with Crippen LogP contribution in [0.1, 0.15) is 12.8 Å². The Morgan fingerprint density at radius 3 is 2.00 bits per heavy atom. The number of hydrogen-bond acceptors (Lipinski definition) is 3. The smallest absolute Gasteiger partial charge is 0.234 e. The summed E-state index contributed by atoms with van der Waals surface area (Å²) in [7, 11) is 0. The first-order valence-corrected chi connectivity index (χ1v) is 4.40. The summed E-state index contributed by atoms with van der Waals surface area (Å²) in [6.07, 6.45) is 0.617. The number of imide groups is 1. The highest BCUT2D eigenvalue weighted by molar-refractivity contribution is 6.19. The van der Waals surface area contributed by atoms with E-state index in [4.69, 9.17) is 5.73 Å². The summed E-state index contributed by atoms with van der Waals surface area (Å²) < 4.78 is 0. The van der Waals surface area contributed by atoms with Crippen LogP contribution in [0.3, 0.4) is 0 Å². The summed E-state index contributed by atoms with van der Waals surface area (Å²) in [6, 6.07) is 6.70. The van der Waals surface area contributed by atoms with Crippen LogP contribution in [0.25, 0.3) is 0 Å². The molecule has 2 amide bonds. The molecule has 1 fully saturated rings.